The molecule has 1 N–H and O–H groups in total. The number of benzene rings is 1. The molecule has 0 aliphatic rings. The zero-order valence-electron chi connectivity index (χ0n) is 12.5. The summed E-state index contributed by atoms with van der Waals surface area (Å²) < 4.78 is 7.28. The molecule has 0 aliphatic carbocycles. The quantitative estimate of drug-likeness (QED) is 0.930. The van der Waals surface area contributed by atoms with Gasteiger partial charge < -0.3 is 10.1 Å². The van der Waals surface area contributed by atoms with Crippen molar-refractivity contribution in [1.82, 2.24) is 9.78 Å². The Morgan fingerprint density at radius 1 is 1.35 bits per heavy atom. The molecule has 0 radical (unpaired) electrons. The number of anilines is 1. The molecule has 5 heteroatoms. The lowest BCUT2D eigenvalue weighted by Crippen LogP contribution is -2.09. The summed E-state index contributed by atoms with van der Waals surface area (Å²) in [5.41, 5.74) is 4.18. The number of aryl methyl sites for hydroxylation is 2. The molecule has 1 aromatic carbocycles. The number of hydrogen-bond donors (Lipinski definition) is 1. The van der Waals surface area contributed by atoms with Gasteiger partial charge in [0.25, 0.3) is 0 Å². The second kappa shape index (κ2) is 5.75. The van der Waals surface area contributed by atoms with Gasteiger partial charge in [0, 0.05) is 17.6 Å². The maximum absolute atomic E-state index is 6.09. The van der Waals surface area contributed by atoms with Gasteiger partial charge in [-0.05, 0) is 39.0 Å². The number of ether oxygens (including phenoxy) is 1. The first-order valence-electron chi connectivity index (χ1n) is 6.54. The minimum absolute atomic E-state index is 0.0743. The molecule has 1 aromatic heterocycles. The van der Waals surface area contributed by atoms with Gasteiger partial charge in [-0.15, -0.1) is 0 Å². The van der Waals surface area contributed by atoms with Crippen LogP contribution in [-0.2, 0) is 7.05 Å². The largest absolute Gasteiger partial charge is 0.496 e. The molecule has 0 unspecified atom stereocenters. The zero-order valence-corrected chi connectivity index (χ0v) is 13.2. The fourth-order valence-corrected chi connectivity index (χ4v) is 2.50. The molecule has 0 bridgehead atoms. The van der Waals surface area contributed by atoms with Crippen molar-refractivity contribution in [1.29, 1.82) is 0 Å². The third-order valence-electron chi connectivity index (χ3n) is 3.53. The minimum atomic E-state index is 0.0743. The maximum atomic E-state index is 6.09. The number of aromatic nitrogens is 2. The second-order valence-electron chi connectivity index (χ2n) is 4.92. The summed E-state index contributed by atoms with van der Waals surface area (Å²) in [5, 5.41) is 8.61. The predicted molar refractivity (Wildman–Crippen MR) is 82.7 cm³/mol. The van der Waals surface area contributed by atoms with Gasteiger partial charge in [0.05, 0.1) is 30.2 Å². The third-order valence-corrected chi connectivity index (χ3v) is 3.76. The Morgan fingerprint density at radius 2 is 2.05 bits per heavy atom. The van der Waals surface area contributed by atoms with Crippen molar-refractivity contribution in [2.45, 2.75) is 26.8 Å². The third kappa shape index (κ3) is 2.75. The number of nitrogens with zero attached hydrogens (tertiary/aromatic N) is 2. The Hall–Kier alpha value is -1.68. The summed E-state index contributed by atoms with van der Waals surface area (Å²) in [6, 6.07) is 5.72. The number of halogens is 1. The average molecular weight is 294 g/mol. The van der Waals surface area contributed by atoms with Crippen LogP contribution in [0.1, 0.15) is 29.9 Å². The van der Waals surface area contributed by atoms with E-state index in [1.54, 1.807) is 7.11 Å². The first kappa shape index (κ1) is 14.7. The molecule has 20 heavy (non-hydrogen) atoms. The van der Waals surface area contributed by atoms with Gasteiger partial charge in [-0.1, -0.05) is 11.6 Å². The molecule has 2 aromatic rings. The minimum Gasteiger partial charge on any atom is -0.496 e. The Kier molecular flexibility index (Phi) is 4.23. The highest BCUT2D eigenvalue weighted by molar-refractivity contribution is 6.30. The first-order chi connectivity index (χ1) is 9.43. The highest BCUT2D eigenvalue weighted by Gasteiger charge is 2.16. The molecule has 108 valence electrons. The molecule has 0 fully saturated rings. The van der Waals surface area contributed by atoms with Crippen LogP contribution in [-0.4, -0.2) is 16.9 Å². The monoisotopic (exact) mass is 293 g/mol. The Labute approximate surface area is 124 Å². The molecule has 1 atom stereocenters. The highest BCUT2D eigenvalue weighted by atomic mass is 35.5. The summed E-state index contributed by atoms with van der Waals surface area (Å²) in [7, 11) is 3.61. The molecular formula is C15H20ClN3O. The average Bonchev–Trinajstić information content (AvgIpc) is 2.65. The van der Waals surface area contributed by atoms with E-state index in [0.717, 1.165) is 28.4 Å². The van der Waals surface area contributed by atoms with Gasteiger partial charge in [-0.3, -0.25) is 4.68 Å². The number of methoxy groups -OCH3 is 1. The van der Waals surface area contributed by atoms with Gasteiger partial charge in [-0.2, -0.15) is 5.10 Å². The van der Waals surface area contributed by atoms with E-state index < -0.39 is 0 Å². The molecule has 0 saturated carbocycles. The Balaban J connectivity index is 2.32. The maximum Gasteiger partial charge on any atom is 0.124 e. The van der Waals surface area contributed by atoms with Crippen LogP contribution in [0.2, 0.25) is 5.02 Å². The molecular weight excluding hydrogens is 274 g/mol. The SMILES string of the molecule is COc1ccc(Cl)cc1[C@H](C)Nc1c(C)nn(C)c1C. The summed E-state index contributed by atoms with van der Waals surface area (Å²) in [6.45, 7) is 6.13. The number of hydrogen-bond acceptors (Lipinski definition) is 3. The lowest BCUT2D eigenvalue weighted by molar-refractivity contribution is 0.408. The van der Waals surface area contributed by atoms with E-state index in [0.29, 0.717) is 5.02 Å². The van der Waals surface area contributed by atoms with Gasteiger partial charge >= 0.3 is 0 Å². The van der Waals surface area contributed by atoms with Crippen molar-refractivity contribution >= 4 is 17.3 Å². The number of rotatable bonds is 4. The van der Waals surface area contributed by atoms with E-state index in [-0.39, 0.29) is 6.04 Å². The normalized spacial score (nSPS) is 12.3. The van der Waals surface area contributed by atoms with Crippen molar-refractivity contribution in [2.75, 3.05) is 12.4 Å². The fraction of sp³-hybridized carbons (Fsp3) is 0.400. The van der Waals surface area contributed by atoms with E-state index in [2.05, 4.69) is 17.3 Å². The first-order valence-corrected chi connectivity index (χ1v) is 6.92. The van der Waals surface area contributed by atoms with Crippen LogP contribution < -0.4 is 10.1 Å². The van der Waals surface area contributed by atoms with Crippen LogP contribution >= 0.6 is 11.6 Å². The van der Waals surface area contributed by atoms with Gasteiger partial charge in [0.15, 0.2) is 0 Å². The van der Waals surface area contributed by atoms with Crippen molar-refractivity contribution in [2.24, 2.45) is 7.05 Å². The van der Waals surface area contributed by atoms with Gasteiger partial charge in [0.1, 0.15) is 5.75 Å². The molecule has 0 amide bonds. The van der Waals surface area contributed by atoms with Crippen LogP contribution in [0.5, 0.6) is 5.75 Å². The fourth-order valence-electron chi connectivity index (χ4n) is 2.32. The standard InChI is InChI=1S/C15H20ClN3O/c1-9(13-8-12(16)6-7-14(13)20-5)17-15-10(2)18-19(4)11(15)3/h6-9,17H,1-5H3/t9-/m0/s1. The van der Waals surface area contributed by atoms with E-state index in [1.165, 1.54) is 0 Å². The molecule has 2 rings (SSSR count). The molecule has 1 heterocycles. The molecule has 0 spiro atoms. The Morgan fingerprint density at radius 3 is 2.60 bits per heavy atom. The van der Waals surface area contributed by atoms with Gasteiger partial charge in [0.2, 0.25) is 0 Å². The van der Waals surface area contributed by atoms with Crippen LogP contribution in [0, 0.1) is 13.8 Å². The molecule has 0 saturated heterocycles. The summed E-state index contributed by atoms with van der Waals surface area (Å²) >= 11 is 6.09. The zero-order chi connectivity index (χ0) is 14.9. The van der Waals surface area contributed by atoms with Crippen molar-refractivity contribution in [3.8, 4) is 5.75 Å². The Bertz CT molecular complexity index is 622. The van der Waals surface area contributed by atoms with E-state index in [1.807, 2.05) is 43.8 Å². The lowest BCUT2D eigenvalue weighted by Gasteiger charge is -2.19. The van der Waals surface area contributed by atoms with E-state index in [9.17, 15) is 0 Å². The summed E-state index contributed by atoms with van der Waals surface area (Å²) in [4.78, 5) is 0. The predicted octanol–water partition coefficient (Wildman–Crippen LogP) is 3.87. The van der Waals surface area contributed by atoms with Crippen molar-refractivity contribution < 1.29 is 4.74 Å². The van der Waals surface area contributed by atoms with E-state index in [4.69, 9.17) is 16.3 Å². The van der Waals surface area contributed by atoms with Crippen molar-refractivity contribution in [3.05, 3.63) is 40.2 Å². The highest BCUT2D eigenvalue weighted by Crippen LogP contribution is 2.31. The van der Waals surface area contributed by atoms with Crippen molar-refractivity contribution in [3.63, 3.8) is 0 Å². The molecule has 0 aliphatic heterocycles. The lowest BCUT2D eigenvalue weighted by atomic mass is 10.1. The smallest absolute Gasteiger partial charge is 0.124 e. The van der Waals surface area contributed by atoms with E-state index >= 15 is 0 Å². The molecule has 4 nitrogen and oxygen atoms in total. The van der Waals surface area contributed by atoms with Crippen LogP contribution in [0.3, 0.4) is 0 Å². The number of nitrogens with one attached hydrogen (secondary N) is 1. The van der Waals surface area contributed by atoms with Crippen LogP contribution in [0.4, 0.5) is 5.69 Å². The topological polar surface area (TPSA) is 39.1 Å². The summed E-state index contributed by atoms with van der Waals surface area (Å²) in [6.07, 6.45) is 0. The van der Waals surface area contributed by atoms with Gasteiger partial charge in [-0.25, -0.2) is 0 Å². The summed E-state index contributed by atoms with van der Waals surface area (Å²) in [5.74, 6) is 0.827. The van der Waals surface area contributed by atoms with Crippen LogP contribution in [0.15, 0.2) is 18.2 Å². The second-order valence-corrected chi connectivity index (χ2v) is 5.36. The van der Waals surface area contributed by atoms with Crippen LogP contribution in [0.25, 0.3) is 0 Å².